The van der Waals surface area contributed by atoms with Crippen LogP contribution in [-0.4, -0.2) is 5.97 Å². The van der Waals surface area contributed by atoms with E-state index in [-0.39, 0.29) is 5.97 Å². The highest BCUT2D eigenvalue weighted by molar-refractivity contribution is 5.91. The van der Waals surface area contributed by atoms with Crippen LogP contribution in [0, 0.1) is 11.8 Å². The van der Waals surface area contributed by atoms with Gasteiger partial charge in [0.2, 0.25) is 0 Å². The Balaban J connectivity index is 1.49. The normalized spacial score (nSPS) is 10.1. The molecule has 0 N–H and O–H groups in total. The third-order valence-electron chi connectivity index (χ3n) is 4.17. The molecule has 0 aromatic heterocycles. The van der Waals surface area contributed by atoms with Gasteiger partial charge in [0.25, 0.3) is 0 Å². The molecule has 4 aromatic rings. The van der Waals surface area contributed by atoms with Crippen LogP contribution in [-0.2, 0) is 0 Å². The number of esters is 1. The van der Waals surface area contributed by atoms with Gasteiger partial charge in [-0.25, -0.2) is 4.79 Å². The first kappa shape index (κ1) is 16.6. The van der Waals surface area contributed by atoms with Crippen LogP contribution in [0.1, 0.15) is 21.5 Å². The van der Waals surface area contributed by atoms with Crippen molar-refractivity contribution in [3.63, 3.8) is 0 Å². The second-order valence-corrected chi connectivity index (χ2v) is 6.09. The molecule has 0 aliphatic heterocycles. The van der Waals surface area contributed by atoms with Crippen LogP contribution in [0.2, 0.25) is 0 Å². The van der Waals surface area contributed by atoms with Crippen molar-refractivity contribution in [2.75, 3.05) is 0 Å². The third-order valence-corrected chi connectivity index (χ3v) is 4.17. The van der Waals surface area contributed by atoms with E-state index in [0.29, 0.717) is 11.3 Å². The zero-order valence-electron chi connectivity index (χ0n) is 14.6. The summed E-state index contributed by atoms with van der Waals surface area (Å²) in [5.41, 5.74) is 2.30. The molecule has 0 aliphatic carbocycles. The molecule has 4 aromatic carbocycles. The van der Waals surface area contributed by atoms with Crippen LogP contribution >= 0.6 is 0 Å². The van der Waals surface area contributed by atoms with Gasteiger partial charge in [0, 0.05) is 11.1 Å². The highest BCUT2D eigenvalue weighted by atomic mass is 16.5. The lowest BCUT2D eigenvalue weighted by molar-refractivity contribution is 0.0735. The van der Waals surface area contributed by atoms with Crippen LogP contribution in [0.25, 0.3) is 10.8 Å². The molecule has 27 heavy (non-hydrogen) atoms. The van der Waals surface area contributed by atoms with Crippen LogP contribution in [0.4, 0.5) is 0 Å². The second kappa shape index (κ2) is 7.59. The van der Waals surface area contributed by atoms with Crippen molar-refractivity contribution in [2.24, 2.45) is 0 Å². The quantitative estimate of drug-likeness (QED) is 0.273. The smallest absolute Gasteiger partial charge is 0.343 e. The molecule has 0 atom stereocenters. The molecule has 4 rings (SSSR count). The summed E-state index contributed by atoms with van der Waals surface area (Å²) in [6, 6.07) is 30.5. The molecule has 0 saturated carbocycles. The second-order valence-electron chi connectivity index (χ2n) is 6.09. The Bertz CT molecular complexity index is 1150. The number of hydrogen-bond acceptors (Lipinski definition) is 2. The topological polar surface area (TPSA) is 26.3 Å². The number of benzene rings is 4. The number of carbonyl (C=O) groups is 1. The molecule has 128 valence electrons. The van der Waals surface area contributed by atoms with Gasteiger partial charge in [-0.2, -0.15) is 0 Å². The first-order valence-corrected chi connectivity index (χ1v) is 8.66. The Morgan fingerprint density at radius 1 is 0.630 bits per heavy atom. The Labute approximate surface area is 158 Å². The average molecular weight is 348 g/mol. The van der Waals surface area contributed by atoms with Crippen molar-refractivity contribution < 1.29 is 9.53 Å². The molecular weight excluding hydrogens is 332 g/mol. The van der Waals surface area contributed by atoms with Gasteiger partial charge in [-0.05, 0) is 59.3 Å². The van der Waals surface area contributed by atoms with E-state index in [1.165, 1.54) is 10.8 Å². The number of carbonyl (C=O) groups excluding carboxylic acids is 1. The van der Waals surface area contributed by atoms with E-state index in [1.807, 2.05) is 48.5 Å². The third kappa shape index (κ3) is 4.05. The molecule has 0 heterocycles. The van der Waals surface area contributed by atoms with Crippen molar-refractivity contribution in [2.45, 2.75) is 0 Å². The van der Waals surface area contributed by atoms with E-state index in [2.05, 4.69) is 36.1 Å². The Morgan fingerprint density at radius 3 is 2.04 bits per heavy atom. The maximum absolute atomic E-state index is 12.2. The van der Waals surface area contributed by atoms with Crippen molar-refractivity contribution in [1.82, 2.24) is 0 Å². The van der Waals surface area contributed by atoms with Gasteiger partial charge in [-0.1, -0.05) is 60.4 Å². The van der Waals surface area contributed by atoms with Gasteiger partial charge in [0.1, 0.15) is 5.75 Å². The minimum Gasteiger partial charge on any atom is -0.423 e. The van der Waals surface area contributed by atoms with Gasteiger partial charge < -0.3 is 4.74 Å². The predicted molar refractivity (Wildman–Crippen MR) is 108 cm³/mol. The summed E-state index contributed by atoms with van der Waals surface area (Å²) < 4.78 is 5.34. The van der Waals surface area contributed by atoms with Crippen LogP contribution in [0.15, 0.2) is 97.1 Å². The molecule has 0 radical (unpaired) electrons. The van der Waals surface area contributed by atoms with Gasteiger partial charge >= 0.3 is 5.97 Å². The lowest BCUT2D eigenvalue weighted by atomic mass is 10.1. The van der Waals surface area contributed by atoms with E-state index >= 15 is 0 Å². The van der Waals surface area contributed by atoms with E-state index in [4.69, 9.17) is 4.74 Å². The van der Waals surface area contributed by atoms with Crippen LogP contribution in [0.3, 0.4) is 0 Å². The largest absolute Gasteiger partial charge is 0.423 e. The summed E-state index contributed by atoms with van der Waals surface area (Å²) in [6.45, 7) is 0. The zero-order chi connectivity index (χ0) is 18.5. The molecule has 0 unspecified atom stereocenters. The Hall–Kier alpha value is -3.83. The van der Waals surface area contributed by atoms with Crippen molar-refractivity contribution >= 4 is 16.7 Å². The number of fused-ring (bicyclic) bond motifs is 1. The molecule has 0 saturated heterocycles. The SMILES string of the molecule is O=C(Oc1ccccc1)c1ccc(C#Cc2ccc3ccccc3c2)cc1. The maximum Gasteiger partial charge on any atom is 0.343 e. The minimum absolute atomic E-state index is 0.379. The molecule has 0 fully saturated rings. The van der Waals surface area contributed by atoms with E-state index in [0.717, 1.165) is 11.1 Å². The fourth-order valence-electron chi connectivity index (χ4n) is 2.76. The first-order chi connectivity index (χ1) is 13.3. The standard InChI is InChI=1S/C25H16O2/c26-25(27-24-8-2-1-3-9-24)22-16-12-19(13-17-22)10-11-20-14-15-21-6-4-5-7-23(21)18-20/h1-9,12-18H. The van der Waals surface area contributed by atoms with E-state index in [9.17, 15) is 4.79 Å². The fourth-order valence-corrected chi connectivity index (χ4v) is 2.76. The number of rotatable bonds is 2. The summed E-state index contributed by atoms with van der Waals surface area (Å²) in [5.74, 6) is 6.47. The van der Waals surface area contributed by atoms with Gasteiger partial charge in [0.05, 0.1) is 5.56 Å². The summed E-state index contributed by atoms with van der Waals surface area (Å²) in [5, 5.41) is 2.37. The molecular formula is C25H16O2. The van der Waals surface area contributed by atoms with Crippen molar-refractivity contribution in [3.8, 4) is 17.6 Å². The van der Waals surface area contributed by atoms with Crippen molar-refractivity contribution in [1.29, 1.82) is 0 Å². The van der Waals surface area contributed by atoms with Crippen LogP contribution < -0.4 is 4.74 Å². The average Bonchev–Trinajstić information content (AvgIpc) is 2.73. The molecule has 0 amide bonds. The minimum atomic E-state index is -0.379. The maximum atomic E-state index is 12.2. The number of para-hydroxylation sites is 1. The van der Waals surface area contributed by atoms with Crippen LogP contribution in [0.5, 0.6) is 5.75 Å². The Kier molecular flexibility index (Phi) is 4.68. The highest BCUT2D eigenvalue weighted by Crippen LogP contribution is 2.15. The summed E-state index contributed by atoms with van der Waals surface area (Å²) in [6.07, 6.45) is 0. The number of hydrogen-bond donors (Lipinski definition) is 0. The monoisotopic (exact) mass is 348 g/mol. The fraction of sp³-hybridized carbons (Fsp3) is 0. The summed E-state index contributed by atoms with van der Waals surface area (Å²) in [4.78, 5) is 12.2. The summed E-state index contributed by atoms with van der Waals surface area (Å²) in [7, 11) is 0. The molecule has 0 aliphatic rings. The lowest BCUT2D eigenvalue weighted by Crippen LogP contribution is -2.08. The van der Waals surface area contributed by atoms with Gasteiger partial charge in [0.15, 0.2) is 0 Å². The molecule has 2 heteroatoms. The van der Waals surface area contributed by atoms with E-state index < -0.39 is 0 Å². The van der Waals surface area contributed by atoms with E-state index in [1.54, 1.807) is 24.3 Å². The molecule has 0 bridgehead atoms. The number of ether oxygens (including phenoxy) is 1. The zero-order valence-corrected chi connectivity index (χ0v) is 14.6. The molecule has 0 spiro atoms. The first-order valence-electron chi connectivity index (χ1n) is 8.66. The van der Waals surface area contributed by atoms with Crippen molar-refractivity contribution in [3.05, 3.63) is 114 Å². The highest BCUT2D eigenvalue weighted by Gasteiger charge is 2.07. The van der Waals surface area contributed by atoms with Gasteiger partial charge in [-0.15, -0.1) is 0 Å². The Morgan fingerprint density at radius 2 is 1.26 bits per heavy atom. The molecule has 2 nitrogen and oxygen atoms in total. The van der Waals surface area contributed by atoms with Gasteiger partial charge in [-0.3, -0.25) is 0 Å². The lowest BCUT2D eigenvalue weighted by Gasteiger charge is -2.03. The summed E-state index contributed by atoms with van der Waals surface area (Å²) >= 11 is 0. The predicted octanol–water partition coefficient (Wildman–Crippen LogP) is 5.46.